The molecule has 4 nitrogen and oxygen atoms in total. The number of ether oxygens (including phenoxy) is 2. The smallest absolute Gasteiger partial charge is 0.163 e. The molecule has 1 fully saturated rings. The summed E-state index contributed by atoms with van der Waals surface area (Å²) in [5, 5.41) is 19.5. The third-order valence-corrected chi connectivity index (χ3v) is 2.87. The van der Waals surface area contributed by atoms with Crippen molar-refractivity contribution in [3.8, 4) is 5.75 Å². The van der Waals surface area contributed by atoms with E-state index in [-0.39, 0.29) is 12.4 Å². The van der Waals surface area contributed by atoms with E-state index in [0.717, 1.165) is 0 Å². The van der Waals surface area contributed by atoms with Gasteiger partial charge in [-0.3, -0.25) is 0 Å². The van der Waals surface area contributed by atoms with Gasteiger partial charge < -0.3 is 19.7 Å². The Morgan fingerprint density at radius 2 is 2.21 bits per heavy atom. The Hall–Kier alpha value is -1.43. The minimum atomic E-state index is -0.885. The number of hydrogen-bond donors (Lipinski definition) is 2. The lowest BCUT2D eigenvalue weighted by molar-refractivity contribution is -0.147. The number of hydrogen-bond acceptors (Lipinski definition) is 4. The molecule has 1 heterocycles. The van der Waals surface area contributed by atoms with Crippen molar-refractivity contribution in [2.75, 3.05) is 6.61 Å². The lowest BCUT2D eigenvalue weighted by Gasteiger charge is -2.18. The summed E-state index contributed by atoms with van der Waals surface area (Å²) in [7, 11) is 0. The number of phenols is 1. The summed E-state index contributed by atoms with van der Waals surface area (Å²) in [6.45, 7) is 3.82. The van der Waals surface area contributed by atoms with Crippen molar-refractivity contribution in [3.63, 3.8) is 0 Å². The van der Waals surface area contributed by atoms with Gasteiger partial charge in [0, 0.05) is 5.56 Å². The number of phenolic OH excluding ortho intramolecular Hbond substituents is 1. The van der Waals surface area contributed by atoms with E-state index < -0.39 is 23.8 Å². The first kappa shape index (κ1) is 14.0. The largest absolute Gasteiger partial charge is 0.507 e. The molecule has 5 heteroatoms. The van der Waals surface area contributed by atoms with E-state index in [1.165, 1.54) is 30.4 Å². The summed E-state index contributed by atoms with van der Waals surface area (Å²) in [5.74, 6) is -1.21. The predicted molar refractivity (Wildman–Crippen MR) is 68.0 cm³/mol. The van der Waals surface area contributed by atoms with Crippen molar-refractivity contribution in [2.24, 2.45) is 0 Å². The van der Waals surface area contributed by atoms with Crippen LogP contribution in [0.15, 0.2) is 24.3 Å². The Balaban J connectivity index is 2.04. The number of aliphatic hydroxyl groups excluding tert-OH is 1. The predicted octanol–water partition coefficient (Wildman–Crippen LogP) is 2.06. The molecule has 0 saturated carbocycles. The minimum Gasteiger partial charge on any atom is -0.507 e. The van der Waals surface area contributed by atoms with Gasteiger partial charge in [-0.05, 0) is 32.0 Å². The monoisotopic (exact) mass is 268 g/mol. The van der Waals surface area contributed by atoms with Gasteiger partial charge in [-0.25, -0.2) is 4.39 Å². The quantitative estimate of drug-likeness (QED) is 0.881. The lowest BCUT2D eigenvalue weighted by atomic mass is 10.1. The van der Waals surface area contributed by atoms with Gasteiger partial charge in [0.25, 0.3) is 0 Å². The molecule has 1 aromatic rings. The Kier molecular flexibility index (Phi) is 3.89. The van der Waals surface area contributed by atoms with E-state index in [1.807, 2.05) is 0 Å². The summed E-state index contributed by atoms with van der Waals surface area (Å²) >= 11 is 0. The zero-order chi connectivity index (χ0) is 14.0. The standard InChI is InChI=1S/C14H17FO4/c1-14(2)18-8-13(19-14)12(17)5-3-9-7-10(15)4-6-11(9)16/h3-7,12-13,16-17H,8H2,1-2H3/b5-3+/t12?,13-/m0/s1. The molecule has 0 spiro atoms. The van der Waals surface area contributed by atoms with E-state index in [1.54, 1.807) is 13.8 Å². The fourth-order valence-electron chi connectivity index (χ4n) is 1.87. The van der Waals surface area contributed by atoms with E-state index in [9.17, 15) is 14.6 Å². The SMILES string of the molecule is CC1(C)OC[C@@H](C(O)/C=C/c2cc(F)ccc2O)O1. The Morgan fingerprint density at radius 1 is 1.47 bits per heavy atom. The lowest BCUT2D eigenvalue weighted by Crippen LogP contribution is -2.29. The zero-order valence-electron chi connectivity index (χ0n) is 10.8. The van der Waals surface area contributed by atoms with Crippen LogP contribution < -0.4 is 0 Å². The minimum absolute atomic E-state index is 0.0474. The molecule has 0 radical (unpaired) electrons. The molecule has 0 bridgehead atoms. The van der Waals surface area contributed by atoms with Gasteiger partial charge >= 0.3 is 0 Å². The molecule has 1 saturated heterocycles. The molecular weight excluding hydrogens is 251 g/mol. The second kappa shape index (κ2) is 5.28. The summed E-state index contributed by atoms with van der Waals surface area (Å²) in [5.41, 5.74) is 0.303. The van der Waals surface area contributed by atoms with Crippen LogP contribution in [0, 0.1) is 5.82 Å². The third kappa shape index (κ3) is 3.53. The van der Waals surface area contributed by atoms with E-state index in [0.29, 0.717) is 5.56 Å². The maximum Gasteiger partial charge on any atom is 0.163 e. The highest BCUT2D eigenvalue weighted by molar-refractivity contribution is 5.57. The van der Waals surface area contributed by atoms with Crippen LogP contribution in [0.25, 0.3) is 6.08 Å². The van der Waals surface area contributed by atoms with E-state index >= 15 is 0 Å². The molecule has 104 valence electrons. The van der Waals surface area contributed by atoms with Crippen LogP contribution in [-0.2, 0) is 9.47 Å². The Morgan fingerprint density at radius 3 is 2.84 bits per heavy atom. The number of aromatic hydroxyl groups is 1. The molecule has 0 aromatic heterocycles. The summed E-state index contributed by atoms with van der Waals surface area (Å²) in [6, 6.07) is 3.62. The van der Waals surface area contributed by atoms with Gasteiger partial charge in [-0.15, -0.1) is 0 Å². The van der Waals surface area contributed by atoms with Crippen molar-refractivity contribution >= 4 is 6.08 Å². The molecular formula is C14H17FO4. The topological polar surface area (TPSA) is 58.9 Å². The highest BCUT2D eigenvalue weighted by atomic mass is 19.1. The van der Waals surface area contributed by atoms with Crippen LogP contribution in [0.4, 0.5) is 4.39 Å². The average molecular weight is 268 g/mol. The summed E-state index contributed by atoms with van der Waals surface area (Å²) in [4.78, 5) is 0. The van der Waals surface area contributed by atoms with Gasteiger partial charge in [0.05, 0.1) is 6.61 Å². The van der Waals surface area contributed by atoms with Gasteiger partial charge in [0.2, 0.25) is 0 Å². The number of halogens is 1. The average Bonchev–Trinajstić information content (AvgIpc) is 2.70. The normalized spacial score (nSPS) is 23.9. The van der Waals surface area contributed by atoms with E-state index in [4.69, 9.17) is 9.47 Å². The molecule has 2 N–H and O–H groups in total. The zero-order valence-corrected chi connectivity index (χ0v) is 10.8. The first-order chi connectivity index (χ1) is 8.87. The fraction of sp³-hybridized carbons (Fsp3) is 0.429. The molecule has 0 aliphatic carbocycles. The van der Waals surface area contributed by atoms with Crippen molar-refractivity contribution in [2.45, 2.75) is 31.8 Å². The van der Waals surface area contributed by atoms with Crippen LogP contribution in [0.2, 0.25) is 0 Å². The van der Waals surface area contributed by atoms with Gasteiger partial charge in [-0.2, -0.15) is 0 Å². The molecule has 2 rings (SSSR count). The highest BCUT2D eigenvalue weighted by Gasteiger charge is 2.35. The fourth-order valence-corrected chi connectivity index (χ4v) is 1.87. The molecule has 2 atom stereocenters. The Labute approximate surface area is 111 Å². The van der Waals surface area contributed by atoms with Crippen molar-refractivity contribution < 1.29 is 24.1 Å². The van der Waals surface area contributed by atoms with Crippen molar-refractivity contribution in [3.05, 3.63) is 35.7 Å². The van der Waals surface area contributed by atoms with Crippen LogP contribution in [0.1, 0.15) is 19.4 Å². The summed E-state index contributed by atoms with van der Waals surface area (Å²) < 4.78 is 23.9. The highest BCUT2D eigenvalue weighted by Crippen LogP contribution is 2.25. The van der Waals surface area contributed by atoms with Gasteiger partial charge in [-0.1, -0.05) is 12.2 Å². The molecule has 0 amide bonds. The first-order valence-corrected chi connectivity index (χ1v) is 6.04. The van der Waals surface area contributed by atoms with Crippen LogP contribution in [0.3, 0.4) is 0 Å². The van der Waals surface area contributed by atoms with Crippen LogP contribution in [0.5, 0.6) is 5.75 Å². The molecule has 1 aliphatic heterocycles. The van der Waals surface area contributed by atoms with Crippen LogP contribution >= 0.6 is 0 Å². The number of rotatable bonds is 3. The maximum absolute atomic E-state index is 13.0. The molecule has 19 heavy (non-hydrogen) atoms. The maximum atomic E-state index is 13.0. The van der Waals surface area contributed by atoms with Gasteiger partial charge in [0.1, 0.15) is 23.8 Å². The number of aliphatic hydroxyl groups is 1. The second-order valence-corrected chi connectivity index (χ2v) is 4.92. The van der Waals surface area contributed by atoms with Crippen molar-refractivity contribution in [1.29, 1.82) is 0 Å². The number of benzene rings is 1. The third-order valence-electron chi connectivity index (χ3n) is 2.87. The molecule has 1 unspecified atom stereocenters. The molecule has 1 aromatic carbocycles. The first-order valence-electron chi connectivity index (χ1n) is 6.04. The summed E-state index contributed by atoms with van der Waals surface area (Å²) in [6.07, 6.45) is 1.55. The Bertz CT molecular complexity index is 484. The second-order valence-electron chi connectivity index (χ2n) is 4.92. The van der Waals surface area contributed by atoms with Crippen molar-refractivity contribution in [1.82, 2.24) is 0 Å². The van der Waals surface area contributed by atoms with Gasteiger partial charge in [0.15, 0.2) is 5.79 Å². The van der Waals surface area contributed by atoms with E-state index in [2.05, 4.69) is 0 Å². The molecule has 1 aliphatic rings. The van der Waals surface area contributed by atoms with Crippen LogP contribution in [-0.4, -0.2) is 34.8 Å².